The molecule has 0 spiro atoms. The Balaban J connectivity index is 2.61. The molecule has 6 nitrogen and oxygen atoms in total. The summed E-state index contributed by atoms with van der Waals surface area (Å²) in [5.74, 6) is 0.279. The van der Waals surface area contributed by atoms with Gasteiger partial charge in [0.2, 0.25) is 0 Å². The van der Waals surface area contributed by atoms with E-state index in [0.29, 0.717) is 32.8 Å². The molecule has 2 rings (SSSR count). The average molecular weight is 467 g/mol. The van der Waals surface area contributed by atoms with Crippen LogP contribution in [0.5, 0.6) is 17.2 Å². The molecule has 0 aliphatic heterocycles. The second kappa shape index (κ2) is 9.50. The Hall–Kier alpha value is -2.25. The highest BCUT2D eigenvalue weighted by atomic mass is 79.9. The van der Waals surface area contributed by atoms with E-state index in [4.69, 9.17) is 18.9 Å². The number of aliphatic hydroxyl groups is 1. The van der Waals surface area contributed by atoms with Crippen molar-refractivity contribution in [2.75, 3.05) is 21.3 Å². The van der Waals surface area contributed by atoms with Gasteiger partial charge in [0.25, 0.3) is 0 Å². The van der Waals surface area contributed by atoms with Gasteiger partial charge in [0.1, 0.15) is 22.8 Å². The van der Waals surface area contributed by atoms with Crippen LogP contribution in [0.15, 0.2) is 40.9 Å². The van der Waals surface area contributed by atoms with Crippen LogP contribution in [-0.2, 0) is 9.53 Å². The third-order valence-corrected chi connectivity index (χ3v) is 4.90. The summed E-state index contributed by atoms with van der Waals surface area (Å²) < 4.78 is 22.2. The van der Waals surface area contributed by atoms with E-state index in [0.717, 1.165) is 0 Å². The van der Waals surface area contributed by atoms with E-state index in [2.05, 4.69) is 15.9 Å². The second-order valence-electron chi connectivity index (χ2n) is 7.46. The van der Waals surface area contributed by atoms with Crippen LogP contribution in [-0.4, -0.2) is 44.1 Å². The van der Waals surface area contributed by atoms with Crippen molar-refractivity contribution >= 4 is 21.9 Å². The first-order valence-electron chi connectivity index (χ1n) is 9.07. The minimum absolute atomic E-state index is 0.480. The molecule has 0 fully saturated rings. The van der Waals surface area contributed by atoms with Gasteiger partial charge in [-0.05, 0) is 60.5 Å². The molecule has 0 unspecified atom stereocenters. The monoisotopic (exact) mass is 466 g/mol. The summed E-state index contributed by atoms with van der Waals surface area (Å²) >= 11 is 3.47. The minimum atomic E-state index is -1.45. The number of aliphatic hydroxyl groups excluding tert-OH is 1. The lowest BCUT2D eigenvalue weighted by atomic mass is 9.85. The van der Waals surface area contributed by atoms with Crippen LogP contribution >= 0.6 is 15.9 Å². The second-order valence-corrected chi connectivity index (χ2v) is 8.31. The first-order chi connectivity index (χ1) is 13.6. The number of halogens is 1. The standard InChI is InChI=1S/C22H27BrO6/c1-22(2,3)29-21(25)20(24)19(13-7-9-14(26-4)10-8-13)15-11-16(23)18(28-6)12-17(15)27-5/h7-12,19-20,24H,1-6H3/t19-,20-/m0/s1. The van der Waals surface area contributed by atoms with E-state index < -0.39 is 23.6 Å². The van der Waals surface area contributed by atoms with E-state index in [9.17, 15) is 9.90 Å². The highest BCUT2D eigenvalue weighted by molar-refractivity contribution is 9.10. The Kier molecular flexibility index (Phi) is 7.54. The van der Waals surface area contributed by atoms with Crippen LogP contribution in [0.4, 0.5) is 0 Å². The summed E-state index contributed by atoms with van der Waals surface area (Å²) in [5, 5.41) is 11.0. The van der Waals surface area contributed by atoms with Gasteiger partial charge in [0.05, 0.1) is 25.8 Å². The number of esters is 1. The Bertz CT molecular complexity index is 842. The van der Waals surface area contributed by atoms with Crippen molar-refractivity contribution < 1.29 is 28.8 Å². The first kappa shape index (κ1) is 23.0. The number of methoxy groups -OCH3 is 3. The summed E-state index contributed by atoms with van der Waals surface area (Å²) in [6.07, 6.45) is -1.45. The quantitative estimate of drug-likeness (QED) is 0.612. The Morgan fingerprint density at radius 1 is 0.966 bits per heavy atom. The van der Waals surface area contributed by atoms with Crippen molar-refractivity contribution in [3.8, 4) is 17.2 Å². The lowest BCUT2D eigenvalue weighted by molar-refractivity contribution is -0.165. The fourth-order valence-electron chi connectivity index (χ4n) is 2.97. The topological polar surface area (TPSA) is 74.2 Å². The maximum atomic E-state index is 12.7. The Labute approximate surface area is 179 Å². The highest BCUT2D eigenvalue weighted by Crippen LogP contribution is 2.41. The van der Waals surface area contributed by atoms with Crippen LogP contribution in [0, 0.1) is 0 Å². The third kappa shape index (κ3) is 5.64. The van der Waals surface area contributed by atoms with Gasteiger partial charge in [0.15, 0.2) is 6.10 Å². The maximum absolute atomic E-state index is 12.7. The zero-order chi connectivity index (χ0) is 21.8. The zero-order valence-electron chi connectivity index (χ0n) is 17.5. The molecule has 158 valence electrons. The van der Waals surface area contributed by atoms with Crippen LogP contribution < -0.4 is 14.2 Å². The van der Waals surface area contributed by atoms with Crippen LogP contribution in [0.3, 0.4) is 0 Å². The highest BCUT2D eigenvalue weighted by Gasteiger charge is 2.35. The van der Waals surface area contributed by atoms with E-state index in [-0.39, 0.29) is 0 Å². The molecule has 7 heteroatoms. The smallest absolute Gasteiger partial charge is 0.336 e. The molecule has 0 saturated carbocycles. The predicted molar refractivity (Wildman–Crippen MR) is 114 cm³/mol. The van der Waals surface area contributed by atoms with Crippen molar-refractivity contribution in [3.63, 3.8) is 0 Å². The molecule has 0 saturated heterocycles. The van der Waals surface area contributed by atoms with Gasteiger partial charge in [-0.2, -0.15) is 0 Å². The van der Waals surface area contributed by atoms with Gasteiger partial charge in [0, 0.05) is 17.5 Å². The molecule has 0 radical (unpaired) electrons. The normalized spacial score (nSPS) is 13.4. The molecule has 0 aromatic heterocycles. The van der Waals surface area contributed by atoms with Crippen LogP contribution in [0.1, 0.15) is 37.8 Å². The average Bonchev–Trinajstić information content (AvgIpc) is 2.67. The van der Waals surface area contributed by atoms with Crippen molar-refractivity contribution in [1.82, 2.24) is 0 Å². The molecule has 0 amide bonds. The van der Waals surface area contributed by atoms with Crippen molar-refractivity contribution in [2.45, 2.75) is 38.4 Å². The summed E-state index contributed by atoms with van der Waals surface area (Å²) in [5.41, 5.74) is 0.593. The van der Waals surface area contributed by atoms with Crippen molar-refractivity contribution in [2.24, 2.45) is 0 Å². The molecule has 2 aromatic rings. The number of hydrogen-bond donors (Lipinski definition) is 1. The summed E-state index contributed by atoms with van der Waals surface area (Å²) in [7, 11) is 4.65. The number of benzene rings is 2. The SMILES string of the molecule is COc1ccc([C@@H](c2cc(Br)c(OC)cc2OC)[C@H](O)C(=O)OC(C)(C)C)cc1. The Morgan fingerprint density at radius 3 is 2.03 bits per heavy atom. The summed E-state index contributed by atoms with van der Waals surface area (Å²) in [4.78, 5) is 12.7. The predicted octanol–water partition coefficient (Wildman–Crippen LogP) is 4.31. The number of rotatable bonds is 7. The fourth-order valence-corrected chi connectivity index (χ4v) is 3.49. The van der Waals surface area contributed by atoms with Gasteiger partial charge in [-0.15, -0.1) is 0 Å². The van der Waals surface area contributed by atoms with Crippen molar-refractivity contribution in [3.05, 3.63) is 52.0 Å². The zero-order valence-corrected chi connectivity index (χ0v) is 19.1. The lowest BCUT2D eigenvalue weighted by Crippen LogP contribution is -2.36. The number of carbonyl (C=O) groups excluding carboxylic acids is 1. The number of carbonyl (C=O) groups is 1. The van der Waals surface area contributed by atoms with E-state index in [1.54, 1.807) is 71.4 Å². The van der Waals surface area contributed by atoms with Crippen LogP contribution in [0.25, 0.3) is 0 Å². The maximum Gasteiger partial charge on any atom is 0.336 e. The molecule has 0 aliphatic carbocycles. The van der Waals surface area contributed by atoms with E-state index in [1.165, 1.54) is 7.11 Å². The van der Waals surface area contributed by atoms with Crippen LogP contribution in [0.2, 0.25) is 0 Å². The van der Waals surface area contributed by atoms with Gasteiger partial charge < -0.3 is 24.1 Å². The molecule has 2 aromatic carbocycles. The molecule has 29 heavy (non-hydrogen) atoms. The van der Waals surface area contributed by atoms with Gasteiger partial charge in [-0.25, -0.2) is 4.79 Å². The van der Waals surface area contributed by atoms with Gasteiger partial charge in [-0.1, -0.05) is 12.1 Å². The minimum Gasteiger partial charge on any atom is -0.497 e. The number of hydrogen-bond acceptors (Lipinski definition) is 6. The summed E-state index contributed by atoms with van der Waals surface area (Å²) in [6.45, 7) is 5.26. The molecule has 1 N–H and O–H groups in total. The first-order valence-corrected chi connectivity index (χ1v) is 9.87. The molecule has 0 heterocycles. The lowest BCUT2D eigenvalue weighted by Gasteiger charge is -2.28. The van der Waals surface area contributed by atoms with Gasteiger partial charge in [-0.3, -0.25) is 0 Å². The number of ether oxygens (including phenoxy) is 4. The van der Waals surface area contributed by atoms with E-state index in [1.807, 2.05) is 0 Å². The van der Waals surface area contributed by atoms with E-state index >= 15 is 0 Å². The fraction of sp³-hybridized carbons (Fsp3) is 0.409. The molecule has 2 atom stereocenters. The van der Waals surface area contributed by atoms with Crippen molar-refractivity contribution in [1.29, 1.82) is 0 Å². The molecule has 0 bridgehead atoms. The largest absolute Gasteiger partial charge is 0.497 e. The molecule has 0 aliphatic rings. The van der Waals surface area contributed by atoms with Gasteiger partial charge >= 0.3 is 5.97 Å². The molecular weight excluding hydrogens is 440 g/mol. The molecular formula is C22H27BrO6. The Morgan fingerprint density at radius 2 is 1.55 bits per heavy atom. The third-order valence-electron chi connectivity index (χ3n) is 4.28. The summed E-state index contributed by atoms with van der Waals surface area (Å²) in [6, 6.07) is 10.6.